The van der Waals surface area contributed by atoms with Gasteiger partial charge in [-0.3, -0.25) is 15.1 Å². The number of aromatic nitrogens is 1. The smallest absolute Gasteiger partial charge is 0.312 e. The lowest BCUT2D eigenvalue weighted by atomic mass is 9.93. The highest BCUT2D eigenvalue weighted by molar-refractivity contribution is 9.10. The second-order valence-electron chi connectivity index (χ2n) is 7.44. The Kier molecular flexibility index (Phi) is 5.25. The molecule has 1 fully saturated rings. The van der Waals surface area contributed by atoms with Gasteiger partial charge < -0.3 is 4.74 Å². The lowest BCUT2D eigenvalue weighted by Crippen LogP contribution is -2.36. The minimum Gasteiger partial charge on any atom is -0.445 e. The summed E-state index contributed by atoms with van der Waals surface area (Å²) >= 11 is 3.47. The molecule has 25 heavy (non-hydrogen) atoms. The van der Waals surface area contributed by atoms with E-state index in [9.17, 15) is 4.79 Å². The van der Waals surface area contributed by atoms with Crippen molar-refractivity contribution in [3.63, 3.8) is 0 Å². The van der Waals surface area contributed by atoms with Gasteiger partial charge in [0.05, 0.1) is 5.41 Å². The number of nitrogens with zero attached hydrogens (tertiary/aromatic N) is 1. The van der Waals surface area contributed by atoms with Gasteiger partial charge in [0.25, 0.3) is 0 Å². The molecule has 1 saturated heterocycles. The zero-order valence-electron chi connectivity index (χ0n) is 14.8. The van der Waals surface area contributed by atoms with Crippen molar-refractivity contribution in [2.45, 2.75) is 39.3 Å². The minimum absolute atomic E-state index is 0.159. The topological polar surface area (TPSA) is 51.2 Å². The molecular weight excluding hydrogens is 380 g/mol. The average molecular weight is 403 g/mol. The molecule has 2 heterocycles. The van der Waals surface area contributed by atoms with Crippen molar-refractivity contribution >= 4 is 21.9 Å². The van der Waals surface area contributed by atoms with E-state index in [4.69, 9.17) is 4.74 Å². The van der Waals surface area contributed by atoms with Crippen molar-refractivity contribution in [2.75, 3.05) is 6.54 Å². The summed E-state index contributed by atoms with van der Waals surface area (Å²) in [5.74, 6) is -0.0180. The molecule has 5 heteroatoms. The summed E-state index contributed by atoms with van der Waals surface area (Å²) in [7, 11) is 0. The highest BCUT2D eigenvalue weighted by atomic mass is 79.9. The molecular formula is C20H23BrN2O2. The van der Waals surface area contributed by atoms with E-state index in [1.54, 1.807) is 6.20 Å². The molecule has 1 aliphatic heterocycles. The van der Waals surface area contributed by atoms with Gasteiger partial charge in [0.15, 0.2) is 6.23 Å². The standard InChI is InChI=1S/C20H23BrN2O2/c1-20(2,3)19(24)25-18-17(7-8-23-18)14-6-4-5-13(9-14)15-10-16(21)12-22-11-15/h4-6,9-12,17-18,23H,7-8H2,1-3H3. The molecule has 1 N–H and O–H groups in total. The Morgan fingerprint density at radius 2 is 2.04 bits per heavy atom. The molecule has 3 rings (SSSR count). The largest absolute Gasteiger partial charge is 0.445 e. The first-order chi connectivity index (χ1) is 11.8. The number of hydrogen-bond donors (Lipinski definition) is 1. The molecule has 1 aromatic heterocycles. The molecule has 0 amide bonds. The summed E-state index contributed by atoms with van der Waals surface area (Å²) in [5.41, 5.74) is 2.84. The number of benzene rings is 1. The highest BCUT2D eigenvalue weighted by Gasteiger charge is 2.34. The van der Waals surface area contributed by atoms with E-state index in [0.29, 0.717) is 0 Å². The van der Waals surface area contributed by atoms with Crippen LogP contribution in [0.3, 0.4) is 0 Å². The van der Waals surface area contributed by atoms with Crippen LogP contribution in [0, 0.1) is 5.41 Å². The first kappa shape index (κ1) is 18.1. The number of ether oxygens (including phenoxy) is 1. The Hall–Kier alpha value is -1.72. The van der Waals surface area contributed by atoms with Gasteiger partial charge in [0, 0.05) is 28.3 Å². The van der Waals surface area contributed by atoms with Gasteiger partial charge >= 0.3 is 5.97 Å². The number of nitrogens with one attached hydrogen (secondary N) is 1. The number of esters is 1. The fourth-order valence-electron chi connectivity index (χ4n) is 2.95. The maximum absolute atomic E-state index is 12.2. The lowest BCUT2D eigenvalue weighted by Gasteiger charge is -2.25. The van der Waals surface area contributed by atoms with Gasteiger partial charge in [-0.1, -0.05) is 24.3 Å². The van der Waals surface area contributed by atoms with Crippen LogP contribution in [0.15, 0.2) is 47.2 Å². The molecule has 1 aliphatic rings. The van der Waals surface area contributed by atoms with E-state index in [1.807, 2.05) is 33.0 Å². The molecule has 132 valence electrons. The van der Waals surface area contributed by atoms with E-state index in [1.165, 1.54) is 5.56 Å². The molecule has 0 saturated carbocycles. The second-order valence-corrected chi connectivity index (χ2v) is 8.36. The summed E-state index contributed by atoms with van der Waals surface area (Å²) in [5, 5.41) is 3.31. The fraction of sp³-hybridized carbons (Fsp3) is 0.400. The van der Waals surface area contributed by atoms with Crippen molar-refractivity contribution < 1.29 is 9.53 Å². The summed E-state index contributed by atoms with van der Waals surface area (Å²) in [4.78, 5) is 16.5. The normalized spacial score (nSPS) is 20.5. The van der Waals surface area contributed by atoms with E-state index >= 15 is 0 Å². The molecule has 2 unspecified atom stereocenters. The first-order valence-electron chi connectivity index (χ1n) is 8.50. The van der Waals surface area contributed by atoms with Gasteiger partial charge in [-0.05, 0) is 66.9 Å². The number of pyridine rings is 1. The van der Waals surface area contributed by atoms with Gasteiger partial charge in [-0.25, -0.2) is 0 Å². The zero-order valence-corrected chi connectivity index (χ0v) is 16.3. The third-order valence-corrected chi connectivity index (χ3v) is 4.80. The van der Waals surface area contributed by atoms with Gasteiger partial charge in [-0.15, -0.1) is 0 Å². The van der Waals surface area contributed by atoms with Gasteiger partial charge in [0.1, 0.15) is 0 Å². The number of carbonyl (C=O) groups excluding carboxylic acids is 1. The molecule has 0 aliphatic carbocycles. The summed E-state index contributed by atoms with van der Waals surface area (Å²) in [6.07, 6.45) is 4.30. The zero-order chi connectivity index (χ0) is 18.0. The number of rotatable bonds is 3. The maximum atomic E-state index is 12.2. The lowest BCUT2D eigenvalue weighted by molar-refractivity contribution is -0.160. The fourth-order valence-corrected chi connectivity index (χ4v) is 3.32. The molecule has 1 aromatic carbocycles. The Bertz CT molecular complexity index is 770. The van der Waals surface area contributed by atoms with Crippen LogP contribution < -0.4 is 5.32 Å². The number of carbonyl (C=O) groups is 1. The molecule has 0 bridgehead atoms. The summed E-state index contributed by atoms with van der Waals surface area (Å²) in [6, 6.07) is 10.4. The monoisotopic (exact) mass is 402 g/mol. The maximum Gasteiger partial charge on any atom is 0.312 e. The van der Waals surface area contributed by atoms with Gasteiger partial charge in [-0.2, -0.15) is 0 Å². The predicted molar refractivity (Wildman–Crippen MR) is 102 cm³/mol. The third kappa shape index (κ3) is 4.28. The molecule has 2 aromatic rings. The summed E-state index contributed by atoms with van der Waals surface area (Å²) < 4.78 is 6.69. The van der Waals surface area contributed by atoms with Crippen LogP contribution in [0.25, 0.3) is 11.1 Å². The van der Waals surface area contributed by atoms with E-state index < -0.39 is 5.41 Å². The molecule has 4 nitrogen and oxygen atoms in total. The third-order valence-electron chi connectivity index (χ3n) is 4.37. The first-order valence-corrected chi connectivity index (χ1v) is 9.29. The van der Waals surface area contributed by atoms with Gasteiger partial charge in [0.2, 0.25) is 0 Å². The van der Waals surface area contributed by atoms with Crippen LogP contribution in [0.5, 0.6) is 0 Å². The number of hydrogen-bond acceptors (Lipinski definition) is 4. The van der Waals surface area contributed by atoms with E-state index in [2.05, 4.69) is 50.5 Å². The average Bonchev–Trinajstić information content (AvgIpc) is 3.02. The molecule has 2 atom stereocenters. The van der Waals surface area contributed by atoms with Crippen molar-refractivity contribution in [3.8, 4) is 11.1 Å². The molecule has 0 radical (unpaired) electrons. The van der Waals surface area contributed by atoms with Crippen molar-refractivity contribution in [2.24, 2.45) is 5.41 Å². The van der Waals surface area contributed by atoms with Crippen molar-refractivity contribution in [3.05, 3.63) is 52.8 Å². The van der Waals surface area contributed by atoms with Crippen LogP contribution in [0.2, 0.25) is 0 Å². The van der Waals surface area contributed by atoms with Crippen LogP contribution in [0.1, 0.15) is 38.7 Å². The Labute approximate surface area is 157 Å². The van der Waals surface area contributed by atoms with Crippen LogP contribution >= 0.6 is 15.9 Å². The Morgan fingerprint density at radius 1 is 1.24 bits per heavy atom. The quantitative estimate of drug-likeness (QED) is 0.767. The summed E-state index contributed by atoms with van der Waals surface area (Å²) in [6.45, 7) is 6.47. The predicted octanol–water partition coefficient (Wildman–Crippen LogP) is 4.50. The SMILES string of the molecule is CC(C)(C)C(=O)OC1NCCC1c1cccc(-c2cncc(Br)c2)c1. The Morgan fingerprint density at radius 3 is 2.76 bits per heavy atom. The van der Waals surface area contributed by atoms with Crippen LogP contribution in [0.4, 0.5) is 0 Å². The van der Waals surface area contributed by atoms with Crippen molar-refractivity contribution in [1.82, 2.24) is 10.3 Å². The number of halogens is 1. The highest BCUT2D eigenvalue weighted by Crippen LogP contribution is 2.33. The van der Waals surface area contributed by atoms with Crippen LogP contribution in [-0.4, -0.2) is 23.7 Å². The minimum atomic E-state index is -0.501. The van der Waals surface area contributed by atoms with E-state index in [-0.39, 0.29) is 18.1 Å². The second kappa shape index (κ2) is 7.26. The van der Waals surface area contributed by atoms with Crippen LogP contribution in [-0.2, 0) is 9.53 Å². The molecule has 0 spiro atoms. The Balaban J connectivity index is 1.83. The van der Waals surface area contributed by atoms with Crippen molar-refractivity contribution in [1.29, 1.82) is 0 Å². The van der Waals surface area contributed by atoms with E-state index in [0.717, 1.165) is 28.6 Å².